The first-order valence-electron chi connectivity index (χ1n) is 8.59. The average molecular weight is 386 g/mol. The molecule has 0 fully saturated rings. The molecule has 3 heterocycles. The number of thiazole rings is 1. The van der Waals surface area contributed by atoms with E-state index in [0.717, 1.165) is 46.8 Å². The van der Waals surface area contributed by atoms with Gasteiger partial charge in [-0.1, -0.05) is 0 Å². The number of carbonyl (C=O) groups is 1. The maximum atomic E-state index is 12.8. The van der Waals surface area contributed by atoms with Crippen molar-refractivity contribution < 1.29 is 4.79 Å². The van der Waals surface area contributed by atoms with Crippen molar-refractivity contribution in [3.63, 3.8) is 0 Å². The molecule has 3 aromatic heterocycles. The normalized spacial score (nSPS) is 14.2. The van der Waals surface area contributed by atoms with E-state index in [2.05, 4.69) is 20.7 Å². The minimum atomic E-state index is -0.339. The van der Waals surface area contributed by atoms with E-state index < -0.39 is 0 Å². The molecule has 0 unspecified atom stereocenters. The summed E-state index contributed by atoms with van der Waals surface area (Å²) in [4.78, 5) is 32.6. The van der Waals surface area contributed by atoms with E-state index in [1.807, 2.05) is 23.8 Å². The Morgan fingerprint density at radius 3 is 3.00 bits per heavy atom. The average Bonchev–Trinajstić information content (AvgIpc) is 3.34. The highest BCUT2D eigenvalue weighted by atomic mass is 32.1. The summed E-state index contributed by atoms with van der Waals surface area (Å²) in [5, 5.41) is 9.96. The standard InChI is InChI=1S/C19H19N3O2S2/c1-11-9-26-19(20-11)16(7-12-5-6-25-10-12)22-18(24)14-8-13-3-2-4-15(13)21-17(14)23/h5-6,8-10,16H,2-4,7H2,1H3,(H,21,23)(H,22,24)/t16-/m0/s1. The zero-order valence-electron chi connectivity index (χ0n) is 14.4. The molecule has 0 aromatic carbocycles. The third-order valence-corrected chi connectivity index (χ3v) is 6.40. The minimum Gasteiger partial charge on any atom is -0.342 e. The van der Waals surface area contributed by atoms with Crippen LogP contribution in [0.25, 0.3) is 0 Å². The molecular formula is C19H19N3O2S2. The van der Waals surface area contributed by atoms with Crippen molar-refractivity contribution in [2.24, 2.45) is 0 Å². The molecular weight excluding hydrogens is 366 g/mol. The summed E-state index contributed by atoms with van der Waals surface area (Å²) in [5.74, 6) is -0.339. The van der Waals surface area contributed by atoms with Gasteiger partial charge in [0.1, 0.15) is 10.6 Å². The monoisotopic (exact) mass is 385 g/mol. The van der Waals surface area contributed by atoms with Crippen LogP contribution in [0.4, 0.5) is 0 Å². The second-order valence-electron chi connectivity index (χ2n) is 6.56. The maximum Gasteiger partial charge on any atom is 0.261 e. The lowest BCUT2D eigenvalue weighted by Gasteiger charge is -2.16. The topological polar surface area (TPSA) is 74.8 Å². The van der Waals surface area contributed by atoms with E-state index in [1.54, 1.807) is 17.4 Å². The number of nitrogens with one attached hydrogen (secondary N) is 2. The SMILES string of the molecule is Cc1csc([C@H](Cc2ccsc2)NC(=O)c2cc3c([nH]c2=O)CCC3)n1. The molecule has 1 amide bonds. The molecule has 0 saturated heterocycles. The predicted molar refractivity (Wildman–Crippen MR) is 104 cm³/mol. The molecule has 1 atom stereocenters. The molecule has 1 aliphatic carbocycles. The molecule has 1 aliphatic rings. The van der Waals surface area contributed by atoms with E-state index in [9.17, 15) is 9.59 Å². The van der Waals surface area contributed by atoms with E-state index in [-0.39, 0.29) is 23.1 Å². The van der Waals surface area contributed by atoms with Gasteiger partial charge in [-0.3, -0.25) is 9.59 Å². The number of H-pyrrole nitrogens is 1. The van der Waals surface area contributed by atoms with Crippen LogP contribution in [0.1, 0.15) is 50.3 Å². The van der Waals surface area contributed by atoms with Crippen LogP contribution in [0, 0.1) is 6.92 Å². The molecule has 7 heteroatoms. The molecule has 0 saturated carbocycles. The Bertz CT molecular complexity index is 989. The smallest absolute Gasteiger partial charge is 0.261 e. The van der Waals surface area contributed by atoms with E-state index in [1.165, 1.54) is 11.3 Å². The third kappa shape index (κ3) is 3.50. The first-order valence-corrected chi connectivity index (χ1v) is 10.4. The van der Waals surface area contributed by atoms with E-state index in [0.29, 0.717) is 6.42 Å². The zero-order chi connectivity index (χ0) is 18.1. The summed E-state index contributed by atoms with van der Waals surface area (Å²) >= 11 is 3.16. The van der Waals surface area contributed by atoms with Gasteiger partial charge in [0.05, 0.1) is 6.04 Å². The van der Waals surface area contributed by atoms with Gasteiger partial charge in [0.25, 0.3) is 11.5 Å². The number of rotatable bonds is 5. The number of aromatic amines is 1. The van der Waals surface area contributed by atoms with Crippen LogP contribution >= 0.6 is 22.7 Å². The number of nitrogens with zero attached hydrogens (tertiary/aromatic N) is 1. The Hall–Kier alpha value is -2.25. The first-order chi connectivity index (χ1) is 12.6. The van der Waals surface area contributed by atoms with Gasteiger partial charge in [-0.05, 0) is 60.2 Å². The van der Waals surface area contributed by atoms with Gasteiger partial charge in [-0.2, -0.15) is 11.3 Å². The highest BCUT2D eigenvalue weighted by Crippen LogP contribution is 2.24. The fraction of sp³-hybridized carbons (Fsp3) is 0.316. The fourth-order valence-corrected chi connectivity index (χ4v) is 4.82. The van der Waals surface area contributed by atoms with Crippen molar-refractivity contribution in [1.29, 1.82) is 0 Å². The van der Waals surface area contributed by atoms with Crippen molar-refractivity contribution in [3.05, 3.63) is 71.7 Å². The minimum absolute atomic E-state index is 0.189. The van der Waals surface area contributed by atoms with Crippen molar-refractivity contribution >= 4 is 28.6 Å². The summed E-state index contributed by atoms with van der Waals surface area (Å²) in [6.45, 7) is 1.94. The van der Waals surface area contributed by atoms with Crippen molar-refractivity contribution in [1.82, 2.24) is 15.3 Å². The lowest BCUT2D eigenvalue weighted by molar-refractivity contribution is 0.0934. The van der Waals surface area contributed by atoms with Gasteiger partial charge in [0.15, 0.2) is 0 Å². The van der Waals surface area contributed by atoms with Crippen LogP contribution in [0.5, 0.6) is 0 Å². The number of amides is 1. The van der Waals surface area contributed by atoms with Crippen LogP contribution in [0.3, 0.4) is 0 Å². The van der Waals surface area contributed by atoms with Gasteiger partial charge in [-0.25, -0.2) is 4.98 Å². The maximum absolute atomic E-state index is 12.8. The summed E-state index contributed by atoms with van der Waals surface area (Å²) in [6, 6.07) is 3.56. The van der Waals surface area contributed by atoms with E-state index >= 15 is 0 Å². The summed E-state index contributed by atoms with van der Waals surface area (Å²) in [5.41, 5.74) is 4.01. The van der Waals surface area contributed by atoms with Gasteiger partial charge in [0.2, 0.25) is 0 Å². The Balaban J connectivity index is 1.61. The number of fused-ring (bicyclic) bond motifs is 1. The molecule has 0 aliphatic heterocycles. The van der Waals surface area contributed by atoms with Crippen LogP contribution in [-0.2, 0) is 19.3 Å². The summed E-state index contributed by atoms with van der Waals surface area (Å²) in [7, 11) is 0. The first kappa shape index (κ1) is 17.2. The number of hydrogen-bond donors (Lipinski definition) is 2. The molecule has 26 heavy (non-hydrogen) atoms. The van der Waals surface area contributed by atoms with Crippen LogP contribution in [-0.4, -0.2) is 15.9 Å². The van der Waals surface area contributed by atoms with Gasteiger partial charge in [0, 0.05) is 23.2 Å². The number of aromatic nitrogens is 2. The number of aryl methyl sites for hydroxylation is 3. The fourth-order valence-electron chi connectivity index (χ4n) is 3.29. The van der Waals surface area contributed by atoms with E-state index in [4.69, 9.17) is 0 Å². The Labute approximate surface area is 159 Å². The van der Waals surface area contributed by atoms with Crippen LogP contribution in [0.15, 0.2) is 33.1 Å². The highest BCUT2D eigenvalue weighted by Gasteiger charge is 2.23. The van der Waals surface area contributed by atoms with Crippen LogP contribution in [0.2, 0.25) is 0 Å². The van der Waals surface area contributed by atoms with Crippen molar-refractivity contribution in [2.45, 2.75) is 38.6 Å². The Morgan fingerprint density at radius 1 is 1.38 bits per heavy atom. The number of thiophene rings is 1. The second-order valence-corrected chi connectivity index (χ2v) is 8.23. The molecule has 0 spiro atoms. The second kappa shape index (κ2) is 7.17. The van der Waals surface area contributed by atoms with Gasteiger partial charge in [-0.15, -0.1) is 11.3 Å². The number of hydrogen-bond acceptors (Lipinski definition) is 5. The zero-order valence-corrected chi connectivity index (χ0v) is 16.0. The molecule has 3 aromatic rings. The molecule has 2 N–H and O–H groups in total. The Morgan fingerprint density at radius 2 is 2.27 bits per heavy atom. The predicted octanol–water partition coefficient (Wildman–Crippen LogP) is 3.40. The van der Waals surface area contributed by atoms with Gasteiger partial charge >= 0.3 is 0 Å². The quantitative estimate of drug-likeness (QED) is 0.707. The Kier molecular flexibility index (Phi) is 4.74. The lowest BCUT2D eigenvalue weighted by atomic mass is 10.1. The number of pyridine rings is 1. The highest BCUT2D eigenvalue weighted by molar-refractivity contribution is 7.09. The summed E-state index contributed by atoms with van der Waals surface area (Å²) < 4.78 is 0. The molecule has 0 radical (unpaired) electrons. The molecule has 134 valence electrons. The molecule has 0 bridgehead atoms. The molecule has 5 nitrogen and oxygen atoms in total. The van der Waals surface area contributed by atoms with Gasteiger partial charge < -0.3 is 10.3 Å². The van der Waals surface area contributed by atoms with Crippen molar-refractivity contribution in [3.8, 4) is 0 Å². The summed E-state index contributed by atoms with van der Waals surface area (Å²) in [6.07, 6.45) is 3.47. The van der Waals surface area contributed by atoms with Crippen molar-refractivity contribution in [2.75, 3.05) is 0 Å². The lowest BCUT2D eigenvalue weighted by Crippen LogP contribution is -2.34. The van der Waals surface area contributed by atoms with Crippen LogP contribution < -0.4 is 10.9 Å². The molecule has 4 rings (SSSR count). The largest absolute Gasteiger partial charge is 0.342 e. The third-order valence-electron chi connectivity index (χ3n) is 4.59. The number of carbonyl (C=O) groups excluding carboxylic acids is 1.